The van der Waals surface area contributed by atoms with Gasteiger partial charge < -0.3 is 39.9 Å². The molecule has 0 spiro atoms. The number of aliphatic hydroxyl groups is 5. The average molecular weight is 821 g/mol. The molecule has 1 aliphatic carbocycles. The minimum atomic E-state index is -5.11. The molecule has 0 aromatic heterocycles. The number of carbonyl (C=O) groups is 2. The first-order valence-electron chi connectivity index (χ1n) is 21.6. The van der Waals surface area contributed by atoms with E-state index >= 15 is 0 Å². The van der Waals surface area contributed by atoms with Gasteiger partial charge in [-0.3, -0.25) is 18.6 Å². The topological polar surface area (TPSA) is 210 Å². The zero-order valence-corrected chi connectivity index (χ0v) is 35.3. The van der Waals surface area contributed by atoms with Gasteiger partial charge in [-0.1, -0.05) is 141 Å². The van der Waals surface area contributed by atoms with Gasteiger partial charge >= 0.3 is 19.8 Å². The second kappa shape index (κ2) is 33.2. The summed E-state index contributed by atoms with van der Waals surface area (Å²) >= 11 is 0. The highest BCUT2D eigenvalue weighted by Crippen LogP contribution is 2.47. The van der Waals surface area contributed by atoms with Crippen molar-refractivity contribution in [3.63, 3.8) is 0 Å². The van der Waals surface area contributed by atoms with Crippen LogP contribution in [0, 0.1) is 0 Å². The number of rotatable bonds is 35. The molecule has 0 aromatic rings. The second-order valence-electron chi connectivity index (χ2n) is 15.2. The van der Waals surface area contributed by atoms with Gasteiger partial charge in [-0.2, -0.15) is 0 Å². The molecule has 328 valence electrons. The molecule has 0 aromatic carbocycles. The average Bonchev–Trinajstić information content (AvgIpc) is 3.18. The fourth-order valence-corrected chi connectivity index (χ4v) is 7.47. The molecule has 6 unspecified atom stereocenters. The maximum atomic E-state index is 12.8. The summed E-state index contributed by atoms with van der Waals surface area (Å²) in [6.45, 7) is 3.22. The van der Waals surface area contributed by atoms with Crippen LogP contribution in [0.25, 0.3) is 0 Å². The highest BCUT2D eigenvalue weighted by molar-refractivity contribution is 7.47. The van der Waals surface area contributed by atoms with E-state index in [-0.39, 0.29) is 12.8 Å². The van der Waals surface area contributed by atoms with Crippen LogP contribution in [0.2, 0.25) is 0 Å². The first-order valence-corrected chi connectivity index (χ1v) is 23.1. The van der Waals surface area contributed by atoms with Crippen molar-refractivity contribution in [2.45, 2.75) is 217 Å². The van der Waals surface area contributed by atoms with Gasteiger partial charge in [0.1, 0.15) is 43.2 Å². The van der Waals surface area contributed by atoms with E-state index in [1.807, 2.05) is 0 Å². The van der Waals surface area contributed by atoms with Gasteiger partial charge in [0.05, 0.1) is 6.61 Å². The molecule has 0 bridgehead atoms. The molecule has 1 fully saturated rings. The maximum Gasteiger partial charge on any atom is 0.472 e. The number of phosphoric acid groups is 1. The zero-order valence-electron chi connectivity index (χ0n) is 34.4. The Kier molecular flexibility index (Phi) is 31.0. The van der Waals surface area contributed by atoms with E-state index in [1.54, 1.807) is 0 Å². The van der Waals surface area contributed by atoms with Crippen molar-refractivity contribution in [3.05, 3.63) is 24.3 Å². The smallest absolute Gasteiger partial charge is 0.462 e. The van der Waals surface area contributed by atoms with E-state index < -0.39 is 75.7 Å². The standard InChI is InChI=1S/C42H77O13P/c1-3-5-7-9-11-13-14-15-16-17-18-19-20-21-22-23-25-27-29-31-36(44)54-34(32-52-35(43)30-28-26-24-12-10-8-6-4-2)33-53-56(50,51)55-42-40(48)38(46)37(45)39(47)41(42)49/h11,13,15-16,34,37-42,45-49H,3-10,12,14,17-33H2,1-2H3,(H,50,51)/b13-11+,16-15+/t34-,37?,38+,39?,40?,41?,42?/m1/s1. The first-order chi connectivity index (χ1) is 26.9. The normalized spacial score (nSPS) is 23.1. The number of phosphoric ester groups is 1. The largest absolute Gasteiger partial charge is 0.472 e. The van der Waals surface area contributed by atoms with E-state index in [0.29, 0.717) is 12.8 Å². The zero-order chi connectivity index (χ0) is 41.4. The van der Waals surface area contributed by atoms with Gasteiger partial charge in [-0.15, -0.1) is 0 Å². The van der Waals surface area contributed by atoms with Crippen LogP contribution >= 0.6 is 7.82 Å². The molecule has 14 heteroatoms. The molecule has 56 heavy (non-hydrogen) atoms. The Bertz CT molecular complexity index is 1090. The summed E-state index contributed by atoms with van der Waals surface area (Å²) in [7, 11) is -5.11. The van der Waals surface area contributed by atoms with Crippen LogP contribution in [0.1, 0.15) is 174 Å². The maximum absolute atomic E-state index is 12.8. The Morgan fingerprint density at radius 1 is 0.554 bits per heavy atom. The molecule has 0 heterocycles. The quantitative estimate of drug-likeness (QED) is 0.0157. The minimum absolute atomic E-state index is 0.0940. The first kappa shape index (κ1) is 52.3. The lowest BCUT2D eigenvalue weighted by molar-refractivity contribution is -0.220. The molecular weight excluding hydrogens is 743 g/mol. The number of allylic oxidation sites excluding steroid dienone is 4. The fraction of sp³-hybridized carbons (Fsp3) is 0.857. The van der Waals surface area contributed by atoms with Crippen LogP contribution in [0.3, 0.4) is 0 Å². The van der Waals surface area contributed by atoms with Crippen LogP contribution in [0.15, 0.2) is 24.3 Å². The highest BCUT2D eigenvalue weighted by atomic mass is 31.2. The number of unbranched alkanes of at least 4 members (excludes halogenated alkanes) is 19. The number of ether oxygens (including phenoxy) is 2. The fourth-order valence-electron chi connectivity index (χ4n) is 6.49. The summed E-state index contributed by atoms with van der Waals surface area (Å²) in [6, 6.07) is 0. The lowest BCUT2D eigenvalue weighted by Gasteiger charge is -2.41. The van der Waals surface area contributed by atoms with Crippen LogP contribution in [0.5, 0.6) is 0 Å². The Morgan fingerprint density at radius 3 is 1.48 bits per heavy atom. The SMILES string of the molecule is CCCCC/C=C/C/C=C/CCCCCCCCCCCC(=O)O[C@H](COC(=O)CCCCCCCCCC)COP(=O)(O)OC1C(O)C(O)C(O)[C@H](O)C1O. The molecule has 0 radical (unpaired) electrons. The van der Waals surface area contributed by atoms with Crippen LogP contribution < -0.4 is 0 Å². The van der Waals surface area contributed by atoms with Crippen LogP contribution in [-0.2, 0) is 32.7 Å². The van der Waals surface area contributed by atoms with Crippen LogP contribution in [-0.4, -0.2) is 98.3 Å². The lowest BCUT2D eigenvalue weighted by Crippen LogP contribution is -2.64. The number of hydrogen-bond donors (Lipinski definition) is 6. The van der Waals surface area contributed by atoms with Crippen molar-refractivity contribution in [2.24, 2.45) is 0 Å². The molecule has 1 saturated carbocycles. The van der Waals surface area contributed by atoms with Gasteiger partial charge in [0.25, 0.3) is 0 Å². The lowest BCUT2D eigenvalue weighted by atomic mass is 9.85. The second-order valence-corrected chi connectivity index (χ2v) is 16.6. The third-order valence-corrected chi connectivity index (χ3v) is 11.0. The summed E-state index contributed by atoms with van der Waals surface area (Å²) in [5.74, 6) is -1.11. The van der Waals surface area contributed by atoms with Gasteiger partial charge in [0.15, 0.2) is 6.10 Å². The van der Waals surface area contributed by atoms with Gasteiger partial charge in [0.2, 0.25) is 0 Å². The van der Waals surface area contributed by atoms with Gasteiger partial charge in [-0.25, -0.2) is 4.57 Å². The molecule has 0 saturated heterocycles. The Balaban J connectivity index is 2.43. The third kappa shape index (κ3) is 25.6. The summed E-state index contributed by atoms with van der Waals surface area (Å²) in [6.07, 6.45) is 21.2. The molecule has 0 aliphatic heterocycles. The summed E-state index contributed by atoms with van der Waals surface area (Å²) in [4.78, 5) is 35.5. The van der Waals surface area contributed by atoms with E-state index in [4.69, 9.17) is 18.5 Å². The molecule has 1 aliphatic rings. The van der Waals surface area contributed by atoms with Crippen LogP contribution in [0.4, 0.5) is 0 Å². The number of carbonyl (C=O) groups excluding carboxylic acids is 2. The summed E-state index contributed by atoms with van der Waals surface area (Å²) in [5.41, 5.74) is 0. The monoisotopic (exact) mass is 821 g/mol. The summed E-state index contributed by atoms with van der Waals surface area (Å²) in [5, 5.41) is 50.0. The molecule has 13 nitrogen and oxygen atoms in total. The van der Waals surface area contributed by atoms with Crippen molar-refractivity contribution in [1.82, 2.24) is 0 Å². The predicted octanol–water partition coefficient (Wildman–Crippen LogP) is 7.67. The van der Waals surface area contributed by atoms with Gasteiger partial charge in [-0.05, 0) is 44.9 Å². The molecule has 6 N–H and O–H groups in total. The van der Waals surface area contributed by atoms with Gasteiger partial charge in [0, 0.05) is 12.8 Å². The van der Waals surface area contributed by atoms with Crippen molar-refractivity contribution in [2.75, 3.05) is 13.2 Å². The minimum Gasteiger partial charge on any atom is -0.462 e. The van der Waals surface area contributed by atoms with E-state index in [9.17, 15) is 44.6 Å². The molecule has 0 amide bonds. The van der Waals surface area contributed by atoms with Crippen molar-refractivity contribution in [1.29, 1.82) is 0 Å². The van der Waals surface area contributed by atoms with Crippen molar-refractivity contribution >= 4 is 19.8 Å². The highest BCUT2D eigenvalue weighted by Gasteiger charge is 2.51. The third-order valence-electron chi connectivity index (χ3n) is 10.0. The Morgan fingerprint density at radius 2 is 0.964 bits per heavy atom. The van der Waals surface area contributed by atoms with Crippen molar-refractivity contribution in [3.8, 4) is 0 Å². The number of hydrogen-bond acceptors (Lipinski definition) is 12. The van der Waals surface area contributed by atoms with E-state index in [1.165, 1.54) is 77.0 Å². The molecule has 1 rings (SSSR count). The molecular formula is C42H77O13P. The molecule has 8 atom stereocenters. The van der Waals surface area contributed by atoms with E-state index in [0.717, 1.165) is 57.8 Å². The Labute approximate surface area is 336 Å². The number of esters is 2. The van der Waals surface area contributed by atoms with E-state index in [2.05, 4.69) is 38.2 Å². The summed E-state index contributed by atoms with van der Waals surface area (Å²) < 4.78 is 33.4. The van der Waals surface area contributed by atoms with Crippen molar-refractivity contribution < 1.29 is 63.1 Å². The predicted molar refractivity (Wildman–Crippen MR) is 217 cm³/mol. The Hall–Kier alpha value is -1.67. The number of aliphatic hydroxyl groups excluding tert-OH is 5.